The van der Waals surface area contributed by atoms with Crippen LogP contribution >= 0.6 is 22.6 Å². The predicted octanol–water partition coefficient (Wildman–Crippen LogP) is 3.78. The lowest BCUT2D eigenvalue weighted by molar-refractivity contribution is -0.0513. The van der Waals surface area contributed by atoms with Crippen LogP contribution in [0, 0.1) is 3.57 Å². The molecule has 1 aromatic heterocycles. The van der Waals surface area contributed by atoms with Gasteiger partial charge in [0.25, 0.3) is 0 Å². The maximum atomic E-state index is 6.16. The Morgan fingerprint density at radius 2 is 1.71 bits per heavy atom. The minimum Gasteiger partial charge on any atom is -0.480 e. The topological polar surface area (TPSA) is 74.7 Å². The van der Waals surface area contributed by atoms with Crippen LogP contribution in [0.5, 0.6) is 11.5 Å². The van der Waals surface area contributed by atoms with Gasteiger partial charge in [-0.3, -0.25) is 0 Å². The molecule has 28 heavy (non-hydrogen) atoms. The largest absolute Gasteiger partial charge is 0.480 e. The van der Waals surface area contributed by atoms with Crippen LogP contribution in [0.2, 0.25) is 0 Å². The number of nitrogens with zero attached hydrogens (tertiary/aromatic N) is 2. The quantitative estimate of drug-likeness (QED) is 0.524. The fourth-order valence-electron chi connectivity index (χ4n) is 3.14. The van der Waals surface area contributed by atoms with Gasteiger partial charge in [0, 0.05) is 34.9 Å². The number of methoxy groups -OCH3 is 2. The number of halogens is 1. The van der Waals surface area contributed by atoms with Gasteiger partial charge in [0.1, 0.15) is 12.1 Å². The molecule has 0 saturated carbocycles. The molecule has 0 amide bonds. The summed E-state index contributed by atoms with van der Waals surface area (Å²) in [5.74, 6) is 1.99. The highest BCUT2D eigenvalue weighted by Crippen LogP contribution is 2.39. The van der Waals surface area contributed by atoms with E-state index in [1.807, 2.05) is 30.3 Å². The molecule has 7 nitrogen and oxygen atoms in total. The highest BCUT2D eigenvalue weighted by molar-refractivity contribution is 14.1. The molecule has 1 aliphatic heterocycles. The zero-order valence-electron chi connectivity index (χ0n) is 15.5. The van der Waals surface area contributed by atoms with Crippen LogP contribution in [0.1, 0.15) is 0 Å². The minimum absolute atomic E-state index is 0.249. The first-order valence-electron chi connectivity index (χ1n) is 8.80. The smallest absolute Gasteiger partial charge is 0.164 e. The normalized spacial score (nSPS) is 18.2. The van der Waals surface area contributed by atoms with Gasteiger partial charge in [-0.05, 0) is 46.9 Å². The van der Waals surface area contributed by atoms with Crippen molar-refractivity contribution in [2.24, 2.45) is 0 Å². The summed E-state index contributed by atoms with van der Waals surface area (Å²) in [5.41, 5.74) is 1.73. The van der Waals surface area contributed by atoms with Crippen molar-refractivity contribution in [2.75, 3.05) is 32.8 Å². The SMILES string of the molecule is COCC1Oc2cc3ncnc(Nc4cccc(I)c4)c3cc2OC1COC. The minimum atomic E-state index is -0.258. The van der Waals surface area contributed by atoms with Gasteiger partial charge in [0.05, 0.1) is 18.7 Å². The molecule has 2 aromatic carbocycles. The molecule has 1 N–H and O–H groups in total. The van der Waals surface area contributed by atoms with E-state index in [1.165, 1.54) is 6.33 Å². The van der Waals surface area contributed by atoms with Crippen molar-refractivity contribution in [3.8, 4) is 11.5 Å². The average Bonchev–Trinajstić information content (AvgIpc) is 2.68. The van der Waals surface area contributed by atoms with Gasteiger partial charge in [-0.15, -0.1) is 0 Å². The lowest BCUT2D eigenvalue weighted by atomic mass is 10.1. The van der Waals surface area contributed by atoms with Crippen LogP contribution in [0.4, 0.5) is 11.5 Å². The van der Waals surface area contributed by atoms with E-state index in [-0.39, 0.29) is 12.2 Å². The van der Waals surface area contributed by atoms with Crippen LogP contribution in [-0.4, -0.2) is 49.6 Å². The number of hydrogen-bond donors (Lipinski definition) is 1. The summed E-state index contributed by atoms with van der Waals surface area (Å²) in [4.78, 5) is 8.81. The molecule has 0 saturated heterocycles. The highest BCUT2D eigenvalue weighted by atomic mass is 127. The molecule has 2 unspecified atom stereocenters. The van der Waals surface area contributed by atoms with Gasteiger partial charge < -0.3 is 24.3 Å². The lowest BCUT2D eigenvalue weighted by Gasteiger charge is -2.33. The van der Waals surface area contributed by atoms with Crippen molar-refractivity contribution < 1.29 is 18.9 Å². The molecule has 4 rings (SSSR count). The van der Waals surface area contributed by atoms with E-state index in [9.17, 15) is 0 Å². The Morgan fingerprint density at radius 3 is 2.39 bits per heavy atom. The second-order valence-corrected chi connectivity index (χ2v) is 7.64. The van der Waals surface area contributed by atoms with Crippen molar-refractivity contribution in [2.45, 2.75) is 12.2 Å². The number of fused-ring (bicyclic) bond motifs is 2. The van der Waals surface area contributed by atoms with Crippen molar-refractivity contribution in [3.05, 3.63) is 46.3 Å². The van der Waals surface area contributed by atoms with E-state index in [0.29, 0.717) is 30.5 Å². The predicted molar refractivity (Wildman–Crippen MR) is 115 cm³/mol. The van der Waals surface area contributed by atoms with Crippen molar-refractivity contribution in [1.29, 1.82) is 0 Å². The maximum absolute atomic E-state index is 6.16. The number of aromatic nitrogens is 2. The first-order valence-corrected chi connectivity index (χ1v) is 9.88. The summed E-state index contributed by atoms with van der Waals surface area (Å²) < 4.78 is 23.9. The Bertz CT molecular complexity index is 985. The van der Waals surface area contributed by atoms with Crippen LogP contribution < -0.4 is 14.8 Å². The molecule has 0 spiro atoms. The van der Waals surface area contributed by atoms with E-state index in [1.54, 1.807) is 14.2 Å². The highest BCUT2D eigenvalue weighted by Gasteiger charge is 2.32. The molecule has 0 radical (unpaired) electrons. The van der Waals surface area contributed by atoms with Crippen molar-refractivity contribution >= 4 is 45.0 Å². The molecule has 146 valence electrons. The third-order valence-electron chi connectivity index (χ3n) is 4.42. The number of nitrogens with one attached hydrogen (secondary N) is 1. The Labute approximate surface area is 176 Å². The monoisotopic (exact) mass is 493 g/mol. The molecule has 3 aromatic rings. The molecule has 0 fully saturated rings. The second kappa shape index (κ2) is 8.46. The van der Waals surface area contributed by atoms with Crippen molar-refractivity contribution in [3.63, 3.8) is 0 Å². The second-order valence-electron chi connectivity index (χ2n) is 6.40. The number of rotatable bonds is 6. The van der Waals surface area contributed by atoms with Crippen LogP contribution in [0.15, 0.2) is 42.7 Å². The molecule has 0 aliphatic carbocycles. The number of ether oxygens (including phenoxy) is 4. The Kier molecular flexibility index (Phi) is 5.79. The number of hydrogen-bond acceptors (Lipinski definition) is 7. The van der Waals surface area contributed by atoms with Crippen LogP contribution in [0.3, 0.4) is 0 Å². The standard InChI is InChI=1S/C20H20IN3O4/c1-25-9-18-19(10-26-2)28-17-8-15-14(7-16(17)27-18)20(23-11-22-15)24-13-5-3-4-12(21)6-13/h3-8,11,18-19H,9-10H2,1-2H3,(H,22,23,24). The molecule has 2 atom stereocenters. The Hall–Kier alpha value is -2.17. The van der Waals surface area contributed by atoms with Gasteiger partial charge in [0.2, 0.25) is 0 Å². The summed E-state index contributed by atoms with van der Waals surface area (Å²) in [6, 6.07) is 11.9. The van der Waals surface area contributed by atoms with Gasteiger partial charge in [-0.25, -0.2) is 9.97 Å². The zero-order chi connectivity index (χ0) is 19.5. The third-order valence-corrected chi connectivity index (χ3v) is 5.09. The fourth-order valence-corrected chi connectivity index (χ4v) is 3.68. The van der Waals surface area contributed by atoms with E-state index in [4.69, 9.17) is 18.9 Å². The average molecular weight is 493 g/mol. The molecular weight excluding hydrogens is 473 g/mol. The summed E-state index contributed by atoms with van der Waals surface area (Å²) in [7, 11) is 3.28. The molecule has 0 bridgehead atoms. The van der Waals surface area contributed by atoms with E-state index >= 15 is 0 Å². The summed E-state index contributed by atoms with van der Waals surface area (Å²) in [5, 5.41) is 4.21. The summed E-state index contributed by atoms with van der Waals surface area (Å²) in [6.45, 7) is 0.819. The molecule has 8 heteroatoms. The van der Waals surface area contributed by atoms with Gasteiger partial charge in [0.15, 0.2) is 23.7 Å². The van der Waals surface area contributed by atoms with E-state index in [0.717, 1.165) is 20.2 Å². The number of benzene rings is 2. The number of anilines is 2. The van der Waals surface area contributed by atoms with Gasteiger partial charge >= 0.3 is 0 Å². The first-order chi connectivity index (χ1) is 13.7. The lowest BCUT2D eigenvalue weighted by Crippen LogP contribution is -2.45. The molecule has 2 heterocycles. The van der Waals surface area contributed by atoms with Crippen molar-refractivity contribution in [1.82, 2.24) is 9.97 Å². The first kappa shape index (κ1) is 19.2. The van der Waals surface area contributed by atoms with Crippen LogP contribution in [0.25, 0.3) is 10.9 Å². The molecule has 1 aliphatic rings. The zero-order valence-corrected chi connectivity index (χ0v) is 17.7. The Morgan fingerprint density at radius 1 is 1.00 bits per heavy atom. The summed E-state index contributed by atoms with van der Waals surface area (Å²) >= 11 is 2.28. The Balaban J connectivity index is 1.71. The van der Waals surface area contributed by atoms with E-state index < -0.39 is 0 Å². The fraction of sp³-hybridized carbons (Fsp3) is 0.300. The maximum Gasteiger partial charge on any atom is 0.164 e. The third kappa shape index (κ3) is 3.98. The summed E-state index contributed by atoms with van der Waals surface area (Å²) in [6.07, 6.45) is 1.03. The van der Waals surface area contributed by atoms with E-state index in [2.05, 4.69) is 43.9 Å². The van der Waals surface area contributed by atoms with Gasteiger partial charge in [-0.1, -0.05) is 6.07 Å². The van der Waals surface area contributed by atoms with Crippen LogP contribution in [-0.2, 0) is 9.47 Å². The van der Waals surface area contributed by atoms with Gasteiger partial charge in [-0.2, -0.15) is 0 Å². The molecular formula is C20H20IN3O4.